The Kier molecular flexibility index (Phi) is 10.0. The number of hydrogen-bond donors (Lipinski definition) is 4. The first-order chi connectivity index (χ1) is 14.4. The van der Waals surface area contributed by atoms with E-state index in [0.717, 1.165) is 18.6 Å². The quantitative estimate of drug-likeness (QED) is 0.208. The van der Waals surface area contributed by atoms with E-state index in [9.17, 15) is 19.5 Å². The first-order valence-corrected chi connectivity index (χ1v) is 11.9. The Morgan fingerprint density at radius 2 is 2.03 bits per heavy atom. The standard InChI is InChI=1S/C18H25N3O7S2/c22-11-13-12(23)10-16(28-13)21-7-5-14(20-18(21)27)19-15(24)6-9-30-29-8-3-1-2-4-17(25)26/h5,7,11-12,16,22-23H,1-4,6,8-10H2,(H,25,26)(H,19,20,24,27)/b13-11+. The third kappa shape index (κ3) is 7.92. The lowest BCUT2D eigenvalue weighted by Crippen LogP contribution is -2.28. The van der Waals surface area contributed by atoms with E-state index in [4.69, 9.17) is 14.9 Å². The van der Waals surface area contributed by atoms with E-state index in [0.29, 0.717) is 18.4 Å². The third-order valence-corrected chi connectivity index (χ3v) is 6.67. The molecule has 1 saturated heterocycles. The van der Waals surface area contributed by atoms with Crippen LogP contribution in [0.3, 0.4) is 0 Å². The molecule has 1 aliphatic heterocycles. The highest BCUT2D eigenvalue weighted by atomic mass is 33.1. The van der Waals surface area contributed by atoms with Crippen LogP contribution in [0.15, 0.2) is 29.1 Å². The molecule has 1 aliphatic rings. The summed E-state index contributed by atoms with van der Waals surface area (Å²) in [4.78, 5) is 38.4. The highest BCUT2D eigenvalue weighted by molar-refractivity contribution is 8.76. The van der Waals surface area contributed by atoms with Gasteiger partial charge in [0, 0.05) is 37.0 Å². The summed E-state index contributed by atoms with van der Waals surface area (Å²) < 4.78 is 6.47. The largest absolute Gasteiger partial charge is 0.512 e. The number of carboxylic acids is 1. The number of carbonyl (C=O) groups is 2. The minimum absolute atomic E-state index is 0.0140. The predicted molar refractivity (Wildman–Crippen MR) is 114 cm³/mol. The molecule has 1 aromatic rings. The SMILES string of the molecule is O=C(O)CCCCCSSCCC(=O)Nc1ccn(C2CC(O)/C(=C\O)O2)c(=O)n1. The van der Waals surface area contributed by atoms with Crippen LogP contribution in [0.4, 0.5) is 5.82 Å². The van der Waals surface area contributed by atoms with Crippen molar-refractivity contribution in [3.8, 4) is 0 Å². The van der Waals surface area contributed by atoms with Gasteiger partial charge in [-0.1, -0.05) is 28.0 Å². The molecule has 12 heteroatoms. The Balaban J connectivity index is 1.67. The summed E-state index contributed by atoms with van der Waals surface area (Å²) in [5, 5.41) is 29.8. The Bertz CT molecular complexity index is 815. The monoisotopic (exact) mass is 459 g/mol. The van der Waals surface area contributed by atoms with Crippen molar-refractivity contribution >= 4 is 39.3 Å². The summed E-state index contributed by atoms with van der Waals surface area (Å²) in [7, 11) is 3.21. The van der Waals surface area contributed by atoms with Crippen LogP contribution in [0, 0.1) is 0 Å². The molecule has 10 nitrogen and oxygen atoms in total. The van der Waals surface area contributed by atoms with Gasteiger partial charge < -0.3 is 25.4 Å². The number of rotatable bonds is 12. The Hall–Kier alpha value is -2.18. The Morgan fingerprint density at radius 1 is 1.27 bits per heavy atom. The van der Waals surface area contributed by atoms with Crippen molar-refractivity contribution in [2.75, 3.05) is 16.8 Å². The molecule has 2 atom stereocenters. The molecule has 0 aromatic carbocycles. The molecule has 0 aliphatic carbocycles. The fourth-order valence-electron chi connectivity index (χ4n) is 2.65. The van der Waals surface area contributed by atoms with Crippen molar-refractivity contribution in [2.24, 2.45) is 0 Å². The van der Waals surface area contributed by atoms with E-state index < -0.39 is 24.0 Å². The van der Waals surface area contributed by atoms with Gasteiger partial charge in [-0.15, -0.1) is 0 Å². The summed E-state index contributed by atoms with van der Waals surface area (Å²) in [5.74, 6) is 0.596. The molecule has 2 unspecified atom stereocenters. The van der Waals surface area contributed by atoms with Crippen LogP contribution in [-0.2, 0) is 14.3 Å². The summed E-state index contributed by atoms with van der Waals surface area (Å²) >= 11 is 0. The van der Waals surface area contributed by atoms with Gasteiger partial charge in [0.05, 0.1) is 0 Å². The van der Waals surface area contributed by atoms with Gasteiger partial charge in [0.1, 0.15) is 18.2 Å². The molecule has 1 aromatic heterocycles. The molecule has 4 N–H and O–H groups in total. The maximum Gasteiger partial charge on any atom is 0.352 e. The molecule has 1 fully saturated rings. The van der Waals surface area contributed by atoms with Gasteiger partial charge in [-0.3, -0.25) is 14.2 Å². The predicted octanol–water partition coefficient (Wildman–Crippen LogP) is 2.28. The smallest absolute Gasteiger partial charge is 0.352 e. The number of amides is 1. The zero-order valence-electron chi connectivity index (χ0n) is 16.2. The van der Waals surface area contributed by atoms with Gasteiger partial charge in [0.2, 0.25) is 5.91 Å². The third-order valence-electron chi connectivity index (χ3n) is 4.17. The molecule has 166 valence electrons. The highest BCUT2D eigenvalue weighted by Gasteiger charge is 2.31. The molecular weight excluding hydrogens is 434 g/mol. The van der Waals surface area contributed by atoms with Crippen molar-refractivity contribution in [2.45, 2.75) is 50.9 Å². The van der Waals surface area contributed by atoms with Crippen LogP contribution in [0.1, 0.15) is 44.8 Å². The average Bonchev–Trinajstić information content (AvgIpc) is 3.07. The van der Waals surface area contributed by atoms with Crippen molar-refractivity contribution in [1.82, 2.24) is 9.55 Å². The normalized spacial score (nSPS) is 19.6. The van der Waals surface area contributed by atoms with Crippen LogP contribution in [0.2, 0.25) is 0 Å². The zero-order valence-corrected chi connectivity index (χ0v) is 17.9. The topological polar surface area (TPSA) is 151 Å². The summed E-state index contributed by atoms with van der Waals surface area (Å²) in [6.07, 6.45) is 3.37. The van der Waals surface area contributed by atoms with E-state index in [1.807, 2.05) is 0 Å². The summed E-state index contributed by atoms with van der Waals surface area (Å²) in [5.41, 5.74) is -0.642. The highest BCUT2D eigenvalue weighted by Crippen LogP contribution is 2.30. The van der Waals surface area contributed by atoms with Gasteiger partial charge in [0.15, 0.2) is 12.0 Å². The number of aromatic nitrogens is 2. The molecular formula is C18H25N3O7S2. The molecule has 2 rings (SSSR count). The lowest BCUT2D eigenvalue weighted by atomic mass is 10.2. The van der Waals surface area contributed by atoms with E-state index in [1.165, 1.54) is 16.8 Å². The number of nitrogens with one attached hydrogen (secondary N) is 1. The second kappa shape index (κ2) is 12.5. The Morgan fingerprint density at radius 3 is 2.70 bits per heavy atom. The number of aliphatic carboxylic acids is 1. The van der Waals surface area contributed by atoms with Gasteiger partial charge in [0.25, 0.3) is 0 Å². The second-order valence-electron chi connectivity index (χ2n) is 6.50. The zero-order chi connectivity index (χ0) is 21.9. The van der Waals surface area contributed by atoms with Crippen LogP contribution >= 0.6 is 21.6 Å². The molecule has 0 saturated carbocycles. The number of unbranched alkanes of at least 4 members (excludes halogenated alkanes) is 2. The Labute approximate surface area is 181 Å². The lowest BCUT2D eigenvalue weighted by molar-refractivity contribution is -0.137. The summed E-state index contributed by atoms with van der Waals surface area (Å²) in [6, 6.07) is 1.47. The lowest BCUT2D eigenvalue weighted by Gasteiger charge is -2.13. The van der Waals surface area contributed by atoms with Crippen molar-refractivity contribution in [1.29, 1.82) is 0 Å². The van der Waals surface area contributed by atoms with Crippen LogP contribution in [0.5, 0.6) is 0 Å². The molecule has 30 heavy (non-hydrogen) atoms. The number of carbonyl (C=O) groups excluding carboxylic acids is 1. The van der Waals surface area contributed by atoms with Gasteiger partial charge in [-0.2, -0.15) is 4.98 Å². The van der Waals surface area contributed by atoms with Crippen molar-refractivity contribution < 1.29 is 29.6 Å². The minimum atomic E-state index is -0.994. The molecule has 0 radical (unpaired) electrons. The van der Waals surface area contributed by atoms with Crippen LogP contribution < -0.4 is 11.0 Å². The first-order valence-electron chi connectivity index (χ1n) is 9.45. The average molecular weight is 460 g/mol. The number of hydrogen-bond acceptors (Lipinski definition) is 9. The van der Waals surface area contributed by atoms with Crippen LogP contribution in [0.25, 0.3) is 0 Å². The van der Waals surface area contributed by atoms with E-state index in [1.54, 1.807) is 21.6 Å². The van der Waals surface area contributed by atoms with E-state index >= 15 is 0 Å². The number of nitrogens with zero attached hydrogens (tertiary/aromatic N) is 2. The first kappa shape index (κ1) is 24.1. The number of aliphatic hydroxyl groups excluding tert-OH is 2. The molecule has 1 amide bonds. The van der Waals surface area contributed by atoms with Gasteiger partial charge >= 0.3 is 11.7 Å². The number of anilines is 1. The summed E-state index contributed by atoms with van der Waals surface area (Å²) in [6.45, 7) is 0. The minimum Gasteiger partial charge on any atom is -0.512 e. The number of aliphatic hydroxyl groups is 2. The van der Waals surface area contributed by atoms with Gasteiger partial charge in [-0.05, 0) is 18.9 Å². The van der Waals surface area contributed by atoms with Crippen LogP contribution in [-0.4, -0.2) is 54.4 Å². The van der Waals surface area contributed by atoms with E-state index in [2.05, 4.69) is 10.3 Å². The number of carboxylic acid groups (broad SMARTS) is 1. The number of ether oxygens (including phenoxy) is 1. The van der Waals surface area contributed by atoms with Crippen molar-refractivity contribution in [3.05, 3.63) is 34.8 Å². The molecule has 0 bridgehead atoms. The van der Waals surface area contributed by atoms with Crippen molar-refractivity contribution in [3.63, 3.8) is 0 Å². The second-order valence-corrected chi connectivity index (χ2v) is 9.21. The molecule has 0 spiro atoms. The van der Waals surface area contributed by atoms with Gasteiger partial charge in [-0.25, -0.2) is 4.79 Å². The fraction of sp³-hybridized carbons (Fsp3) is 0.556. The van der Waals surface area contributed by atoms with E-state index in [-0.39, 0.29) is 36.7 Å². The molecule has 2 heterocycles. The fourth-order valence-corrected chi connectivity index (χ4v) is 4.79. The maximum atomic E-state index is 12.2. The maximum absolute atomic E-state index is 12.2.